The number of hydrogen-bond donors (Lipinski definition) is 2. The number of aromatic nitrogens is 2. The first-order chi connectivity index (χ1) is 17.2. The first-order valence-electron chi connectivity index (χ1n) is 11.7. The van der Waals surface area contributed by atoms with E-state index in [1.807, 2.05) is 18.2 Å². The van der Waals surface area contributed by atoms with Crippen molar-refractivity contribution < 1.29 is 10.0 Å². The van der Waals surface area contributed by atoms with E-state index in [0.717, 1.165) is 22.4 Å². The lowest BCUT2D eigenvalue weighted by Gasteiger charge is -2.10. The Hall–Kier alpha value is -4.32. The SMILES string of the molecule is OB(O)c1ccc(-n2c3ccccc3c3cc4c(cc32)c2ccccc2n4-c2ccccc2)cc1. The molecule has 2 heterocycles. The molecule has 7 aromatic rings. The molecule has 0 aliphatic heterocycles. The number of nitrogens with zero attached hydrogens (tertiary/aromatic N) is 2. The zero-order valence-electron chi connectivity index (χ0n) is 18.8. The third-order valence-electron chi connectivity index (χ3n) is 6.93. The summed E-state index contributed by atoms with van der Waals surface area (Å²) in [5.41, 5.74) is 7.18. The van der Waals surface area contributed by atoms with Crippen LogP contribution in [0.5, 0.6) is 0 Å². The van der Waals surface area contributed by atoms with Crippen LogP contribution in [0.2, 0.25) is 0 Å². The largest absolute Gasteiger partial charge is 0.488 e. The number of para-hydroxylation sites is 3. The van der Waals surface area contributed by atoms with Crippen molar-refractivity contribution in [2.24, 2.45) is 0 Å². The molecule has 2 N–H and O–H groups in total. The Kier molecular flexibility index (Phi) is 4.36. The van der Waals surface area contributed by atoms with Crippen LogP contribution in [0.1, 0.15) is 0 Å². The molecule has 5 aromatic carbocycles. The highest BCUT2D eigenvalue weighted by atomic mass is 16.4. The lowest BCUT2D eigenvalue weighted by Crippen LogP contribution is -2.29. The number of fused-ring (bicyclic) bond motifs is 6. The second kappa shape index (κ2) is 7.60. The monoisotopic (exact) mass is 452 g/mol. The van der Waals surface area contributed by atoms with Gasteiger partial charge in [-0.3, -0.25) is 0 Å². The molecular weight excluding hydrogens is 431 g/mol. The minimum absolute atomic E-state index is 0.475. The van der Waals surface area contributed by atoms with E-state index in [9.17, 15) is 10.0 Å². The molecule has 0 saturated carbocycles. The third kappa shape index (κ3) is 2.96. The van der Waals surface area contributed by atoms with Gasteiger partial charge in [0.2, 0.25) is 0 Å². The number of hydrogen-bond acceptors (Lipinski definition) is 2. The minimum Gasteiger partial charge on any atom is -0.423 e. The minimum atomic E-state index is -1.48. The lowest BCUT2D eigenvalue weighted by molar-refractivity contribution is 0.426. The van der Waals surface area contributed by atoms with Crippen LogP contribution >= 0.6 is 0 Å². The van der Waals surface area contributed by atoms with Gasteiger partial charge in [-0.15, -0.1) is 0 Å². The average Bonchev–Trinajstić information content (AvgIpc) is 3.40. The summed E-state index contributed by atoms with van der Waals surface area (Å²) >= 11 is 0. The Morgan fingerprint density at radius 1 is 0.429 bits per heavy atom. The van der Waals surface area contributed by atoms with E-state index in [2.05, 4.69) is 94.1 Å². The van der Waals surface area contributed by atoms with Crippen molar-refractivity contribution in [2.75, 3.05) is 0 Å². The molecule has 0 aliphatic carbocycles. The molecule has 5 heteroatoms. The molecule has 0 spiro atoms. The van der Waals surface area contributed by atoms with Gasteiger partial charge in [-0.05, 0) is 54.0 Å². The quantitative estimate of drug-likeness (QED) is 0.345. The van der Waals surface area contributed by atoms with Crippen molar-refractivity contribution in [1.82, 2.24) is 9.13 Å². The fourth-order valence-corrected chi connectivity index (χ4v) is 5.36. The fraction of sp³-hybridized carbons (Fsp3) is 0. The van der Waals surface area contributed by atoms with Crippen LogP contribution < -0.4 is 5.46 Å². The summed E-state index contributed by atoms with van der Waals surface area (Å²) in [6.07, 6.45) is 0. The van der Waals surface area contributed by atoms with Gasteiger partial charge in [0.25, 0.3) is 0 Å². The topological polar surface area (TPSA) is 50.3 Å². The van der Waals surface area contributed by atoms with Crippen molar-refractivity contribution in [3.8, 4) is 11.4 Å². The zero-order chi connectivity index (χ0) is 23.5. The highest BCUT2D eigenvalue weighted by molar-refractivity contribution is 6.58. The van der Waals surface area contributed by atoms with Gasteiger partial charge in [-0.1, -0.05) is 66.7 Å². The molecule has 0 amide bonds. The summed E-state index contributed by atoms with van der Waals surface area (Å²) in [6.45, 7) is 0. The van der Waals surface area contributed by atoms with Gasteiger partial charge in [0.05, 0.1) is 22.1 Å². The maximum Gasteiger partial charge on any atom is 0.488 e. The lowest BCUT2D eigenvalue weighted by atomic mass is 9.80. The zero-order valence-corrected chi connectivity index (χ0v) is 18.8. The van der Waals surface area contributed by atoms with Crippen LogP contribution in [-0.4, -0.2) is 26.3 Å². The van der Waals surface area contributed by atoms with Crippen molar-refractivity contribution in [3.63, 3.8) is 0 Å². The van der Waals surface area contributed by atoms with Crippen LogP contribution in [0.4, 0.5) is 0 Å². The predicted octanol–water partition coefficient (Wildman–Crippen LogP) is 5.56. The second-order valence-corrected chi connectivity index (χ2v) is 8.89. The molecule has 0 fully saturated rings. The van der Waals surface area contributed by atoms with Crippen LogP contribution in [-0.2, 0) is 0 Å². The standard InChI is InChI=1S/C30H21BN2O2/c34-31(35)20-14-16-22(17-15-20)33-28-13-7-5-11-24(28)26-18-29-25(19-30(26)33)23-10-4-6-12-27(23)32(29)21-8-2-1-3-9-21/h1-19,34-35H. The van der Waals surface area contributed by atoms with Crippen molar-refractivity contribution in [2.45, 2.75) is 0 Å². The smallest absolute Gasteiger partial charge is 0.423 e. The first kappa shape index (κ1) is 20.1. The Balaban J connectivity index is 1.62. The Bertz CT molecular complexity index is 1870. The molecule has 166 valence electrons. The summed E-state index contributed by atoms with van der Waals surface area (Å²) in [5, 5.41) is 23.9. The summed E-state index contributed by atoms with van der Waals surface area (Å²) in [7, 11) is -1.48. The molecule has 2 aromatic heterocycles. The molecule has 35 heavy (non-hydrogen) atoms. The highest BCUT2D eigenvalue weighted by Gasteiger charge is 2.18. The maximum atomic E-state index is 9.55. The normalized spacial score (nSPS) is 11.7. The van der Waals surface area contributed by atoms with Crippen LogP contribution in [0.3, 0.4) is 0 Å². The fourth-order valence-electron chi connectivity index (χ4n) is 5.36. The summed E-state index contributed by atoms with van der Waals surface area (Å²) in [5.74, 6) is 0. The average molecular weight is 452 g/mol. The van der Waals surface area contributed by atoms with E-state index in [0.29, 0.717) is 5.46 Å². The molecule has 7 rings (SSSR count). The van der Waals surface area contributed by atoms with Gasteiger partial charge in [0.1, 0.15) is 0 Å². The van der Waals surface area contributed by atoms with Crippen LogP contribution in [0.25, 0.3) is 55.0 Å². The molecule has 4 nitrogen and oxygen atoms in total. The second-order valence-electron chi connectivity index (χ2n) is 8.89. The van der Waals surface area contributed by atoms with E-state index < -0.39 is 7.12 Å². The Morgan fingerprint density at radius 3 is 1.40 bits per heavy atom. The molecule has 0 saturated heterocycles. The van der Waals surface area contributed by atoms with E-state index >= 15 is 0 Å². The van der Waals surface area contributed by atoms with Gasteiger partial charge in [0, 0.05) is 32.9 Å². The van der Waals surface area contributed by atoms with Gasteiger partial charge in [-0.25, -0.2) is 0 Å². The van der Waals surface area contributed by atoms with Crippen LogP contribution in [0, 0.1) is 0 Å². The Labute approximate surface area is 202 Å². The van der Waals surface area contributed by atoms with Crippen molar-refractivity contribution in [3.05, 3.63) is 115 Å². The predicted molar refractivity (Wildman–Crippen MR) is 145 cm³/mol. The van der Waals surface area contributed by atoms with Crippen molar-refractivity contribution in [1.29, 1.82) is 0 Å². The van der Waals surface area contributed by atoms with E-state index in [-0.39, 0.29) is 0 Å². The van der Waals surface area contributed by atoms with E-state index in [1.54, 1.807) is 12.1 Å². The highest BCUT2D eigenvalue weighted by Crippen LogP contribution is 2.39. The van der Waals surface area contributed by atoms with Crippen molar-refractivity contribution >= 4 is 56.2 Å². The Morgan fingerprint density at radius 2 is 0.886 bits per heavy atom. The number of rotatable bonds is 3. The molecule has 0 radical (unpaired) electrons. The molecule has 0 bridgehead atoms. The molecular formula is C30H21BN2O2. The summed E-state index contributed by atoms with van der Waals surface area (Å²) < 4.78 is 4.60. The molecule has 0 atom stereocenters. The van der Waals surface area contributed by atoms with Gasteiger partial charge >= 0.3 is 7.12 Å². The van der Waals surface area contributed by atoms with Gasteiger partial charge in [-0.2, -0.15) is 0 Å². The summed E-state index contributed by atoms with van der Waals surface area (Å²) in [6, 6.07) is 39.5. The van der Waals surface area contributed by atoms with Crippen LogP contribution in [0.15, 0.2) is 115 Å². The molecule has 0 aliphatic rings. The maximum absolute atomic E-state index is 9.55. The third-order valence-corrected chi connectivity index (χ3v) is 6.93. The van der Waals surface area contributed by atoms with Gasteiger partial charge < -0.3 is 19.2 Å². The van der Waals surface area contributed by atoms with E-state index in [1.165, 1.54) is 32.6 Å². The summed E-state index contributed by atoms with van der Waals surface area (Å²) in [4.78, 5) is 0. The molecule has 0 unspecified atom stereocenters. The van der Waals surface area contributed by atoms with E-state index in [4.69, 9.17) is 0 Å². The number of benzene rings is 5. The first-order valence-corrected chi connectivity index (χ1v) is 11.7. The van der Waals surface area contributed by atoms with Gasteiger partial charge in [0.15, 0.2) is 0 Å².